The molecule has 0 saturated carbocycles. The Hall–Kier alpha value is -1.83. The molecule has 0 fully saturated rings. The smallest absolute Gasteiger partial charge is 0.382 e. The van der Waals surface area contributed by atoms with Gasteiger partial charge in [-0.3, -0.25) is 0 Å². The minimum Gasteiger partial charge on any atom is -0.382 e. The van der Waals surface area contributed by atoms with Crippen LogP contribution in [-0.2, 0) is 0 Å². The fourth-order valence-electron chi connectivity index (χ4n) is 1.95. The summed E-state index contributed by atoms with van der Waals surface area (Å²) in [5.74, 6) is -12.1. The Morgan fingerprint density at radius 3 is 1.86 bits per heavy atom. The monoisotopic (exact) mass is 326 g/mol. The molecule has 0 radical (unpaired) electrons. The normalized spacial score (nSPS) is 15.1. The molecule has 22 heavy (non-hydrogen) atoms. The maximum Gasteiger partial charge on any atom is 0.459 e. The molecule has 0 saturated heterocycles. The van der Waals surface area contributed by atoms with Crippen molar-refractivity contribution in [1.29, 1.82) is 0 Å². The Labute approximate surface area is 120 Å². The Morgan fingerprint density at radius 2 is 1.32 bits per heavy atom. The van der Waals surface area contributed by atoms with Crippen molar-refractivity contribution in [2.45, 2.75) is 24.1 Å². The summed E-state index contributed by atoms with van der Waals surface area (Å²) < 4.78 is 89.1. The molecule has 0 aliphatic heterocycles. The summed E-state index contributed by atoms with van der Waals surface area (Å²) in [6, 6.07) is 9.27. The molecule has 0 amide bonds. The molecule has 0 heterocycles. The van der Waals surface area contributed by atoms with Gasteiger partial charge in [0.05, 0.1) is 0 Å². The molecule has 2 aromatic carbocycles. The second kappa shape index (κ2) is 5.12. The molecule has 8 heteroatoms. The maximum atomic E-state index is 13.5. The number of hydrogen-bond acceptors (Lipinski definition) is 1. The summed E-state index contributed by atoms with van der Waals surface area (Å²) in [6.45, 7) is 0. The minimum absolute atomic E-state index is 0.324. The van der Waals surface area contributed by atoms with E-state index in [4.69, 9.17) is 0 Å². The van der Waals surface area contributed by atoms with Crippen LogP contribution in [-0.4, -0.2) is 23.1 Å². The molecule has 1 N–H and O–H groups in total. The summed E-state index contributed by atoms with van der Waals surface area (Å²) in [5, 5.41) is 10.3. The van der Waals surface area contributed by atoms with Crippen LogP contribution in [0, 0.1) is 0 Å². The highest BCUT2D eigenvalue weighted by molar-refractivity contribution is 5.83. The van der Waals surface area contributed by atoms with Crippen LogP contribution in [0.5, 0.6) is 0 Å². The van der Waals surface area contributed by atoms with Crippen LogP contribution in [0.4, 0.5) is 30.7 Å². The highest BCUT2D eigenvalue weighted by Gasteiger charge is 2.75. The average Bonchev–Trinajstić information content (AvgIpc) is 2.44. The third kappa shape index (κ3) is 2.51. The van der Waals surface area contributed by atoms with Gasteiger partial charge in [-0.15, -0.1) is 0 Å². The van der Waals surface area contributed by atoms with E-state index in [2.05, 4.69) is 0 Å². The van der Waals surface area contributed by atoms with Crippen LogP contribution in [0.15, 0.2) is 42.5 Å². The van der Waals surface area contributed by atoms with E-state index in [-0.39, 0.29) is 0 Å². The molecule has 0 aromatic heterocycles. The van der Waals surface area contributed by atoms with E-state index in [1.165, 1.54) is 18.2 Å². The molecule has 2 rings (SSSR count). The van der Waals surface area contributed by atoms with Crippen LogP contribution in [0.1, 0.15) is 11.7 Å². The Bertz CT molecular complexity index is 678. The van der Waals surface area contributed by atoms with Crippen molar-refractivity contribution in [2.24, 2.45) is 0 Å². The third-order valence-electron chi connectivity index (χ3n) is 3.21. The van der Waals surface area contributed by atoms with E-state index < -0.39 is 29.7 Å². The van der Waals surface area contributed by atoms with Crippen molar-refractivity contribution in [3.05, 3.63) is 48.0 Å². The quantitative estimate of drug-likeness (QED) is 0.810. The van der Waals surface area contributed by atoms with Crippen LogP contribution < -0.4 is 0 Å². The summed E-state index contributed by atoms with van der Waals surface area (Å²) in [6.07, 6.45) is -9.78. The number of halogens is 7. The van der Waals surface area contributed by atoms with Crippen LogP contribution in [0.25, 0.3) is 10.8 Å². The van der Waals surface area contributed by atoms with Crippen LogP contribution in [0.2, 0.25) is 0 Å². The van der Waals surface area contributed by atoms with Crippen molar-refractivity contribution >= 4 is 10.8 Å². The largest absolute Gasteiger partial charge is 0.459 e. The van der Waals surface area contributed by atoms with Gasteiger partial charge < -0.3 is 5.11 Å². The lowest BCUT2D eigenvalue weighted by atomic mass is 9.96. The minimum atomic E-state index is -6.48. The molecular formula is C14H9F7O. The third-order valence-corrected chi connectivity index (χ3v) is 3.21. The molecule has 0 aliphatic rings. The number of fused-ring (bicyclic) bond motifs is 1. The Kier molecular flexibility index (Phi) is 3.85. The fourth-order valence-corrected chi connectivity index (χ4v) is 1.95. The molecule has 0 aliphatic carbocycles. The molecule has 1 nitrogen and oxygen atoms in total. The van der Waals surface area contributed by atoms with E-state index in [0.717, 1.165) is 12.1 Å². The second-order valence-electron chi connectivity index (χ2n) is 4.70. The Morgan fingerprint density at radius 1 is 0.773 bits per heavy atom. The molecule has 0 bridgehead atoms. The number of aliphatic hydroxyl groups excluding tert-OH is 1. The van der Waals surface area contributed by atoms with Crippen molar-refractivity contribution in [2.75, 3.05) is 0 Å². The van der Waals surface area contributed by atoms with Gasteiger partial charge in [-0.1, -0.05) is 36.4 Å². The van der Waals surface area contributed by atoms with Crippen molar-refractivity contribution in [3.63, 3.8) is 0 Å². The van der Waals surface area contributed by atoms with Gasteiger partial charge in [-0.25, -0.2) is 0 Å². The van der Waals surface area contributed by atoms with Gasteiger partial charge >= 0.3 is 18.0 Å². The lowest BCUT2D eigenvalue weighted by Gasteiger charge is -2.31. The lowest BCUT2D eigenvalue weighted by molar-refractivity contribution is -0.372. The van der Waals surface area contributed by atoms with E-state index in [0.29, 0.717) is 10.8 Å². The first-order valence-corrected chi connectivity index (χ1v) is 5.97. The highest BCUT2D eigenvalue weighted by atomic mass is 19.4. The Balaban J connectivity index is 2.46. The van der Waals surface area contributed by atoms with Gasteiger partial charge in [0.2, 0.25) is 0 Å². The van der Waals surface area contributed by atoms with Gasteiger partial charge in [0.1, 0.15) is 6.10 Å². The summed E-state index contributed by atoms with van der Waals surface area (Å²) in [5.41, 5.74) is -0.729. The zero-order valence-electron chi connectivity index (χ0n) is 10.7. The summed E-state index contributed by atoms with van der Waals surface area (Å²) in [4.78, 5) is 0. The fraction of sp³-hybridized carbons (Fsp3) is 0.286. The second-order valence-corrected chi connectivity index (χ2v) is 4.70. The zero-order chi connectivity index (χ0) is 16.8. The zero-order valence-corrected chi connectivity index (χ0v) is 10.7. The van der Waals surface area contributed by atoms with E-state index >= 15 is 0 Å². The molecule has 2 aromatic rings. The average molecular weight is 326 g/mol. The van der Waals surface area contributed by atoms with Crippen molar-refractivity contribution in [3.8, 4) is 0 Å². The van der Waals surface area contributed by atoms with Gasteiger partial charge in [0, 0.05) is 0 Å². The van der Waals surface area contributed by atoms with Gasteiger partial charge in [0.15, 0.2) is 0 Å². The number of alkyl halides is 7. The van der Waals surface area contributed by atoms with E-state index in [1.54, 1.807) is 12.1 Å². The SMILES string of the molecule is OC(c1ccc2ccccc2c1)C(F)(F)C(F)(F)C(F)(F)F. The highest BCUT2D eigenvalue weighted by Crippen LogP contribution is 2.51. The number of benzene rings is 2. The topological polar surface area (TPSA) is 20.2 Å². The first kappa shape index (κ1) is 16.5. The molecule has 1 unspecified atom stereocenters. The molecular weight excluding hydrogens is 317 g/mol. The maximum absolute atomic E-state index is 13.5. The van der Waals surface area contributed by atoms with E-state index in [9.17, 15) is 35.8 Å². The van der Waals surface area contributed by atoms with Crippen LogP contribution in [0.3, 0.4) is 0 Å². The van der Waals surface area contributed by atoms with Crippen molar-refractivity contribution in [1.82, 2.24) is 0 Å². The number of hydrogen-bond donors (Lipinski definition) is 1. The first-order valence-electron chi connectivity index (χ1n) is 5.97. The molecule has 1 atom stereocenters. The van der Waals surface area contributed by atoms with Gasteiger partial charge in [-0.2, -0.15) is 30.7 Å². The molecule has 0 spiro atoms. The summed E-state index contributed by atoms with van der Waals surface area (Å²) >= 11 is 0. The number of aliphatic hydroxyl groups is 1. The summed E-state index contributed by atoms with van der Waals surface area (Å²) in [7, 11) is 0. The predicted molar refractivity (Wildman–Crippen MR) is 64.9 cm³/mol. The van der Waals surface area contributed by atoms with Gasteiger partial charge in [-0.05, 0) is 22.4 Å². The first-order chi connectivity index (χ1) is 9.98. The van der Waals surface area contributed by atoms with E-state index in [1.807, 2.05) is 0 Å². The van der Waals surface area contributed by atoms with Gasteiger partial charge in [0.25, 0.3) is 0 Å². The standard InChI is InChI=1S/C14H9F7O/c15-12(16,13(17,18)14(19,20)21)11(22)10-6-5-8-3-1-2-4-9(8)7-10/h1-7,11,22H. The lowest BCUT2D eigenvalue weighted by Crippen LogP contribution is -2.54. The van der Waals surface area contributed by atoms with Crippen molar-refractivity contribution < 1.29 is 35.8 Å². The predicted octanol–water partition coefficient (Wildman–Crippen LogP) is 4.71. The number of rotatable bonds is 3. The molecule has 120 valence electrons. The van der Waals surface area contributed by atoms with Crippen LogP contribution >= 0.6 is 0 Å².